The van der Waals surface area contributed by atoms with E-state index in [2.05, 4.69) is 33.8 Å². The summed E-state index contributed by atoms with van der Waals surface area (Å²) in [4.78, 5) is 24.6. The summed E-state index contributed by atoms with van der Waals surface area (Å²) in [6.45, 7) is 8.95. The minimum atomic E-state index is -0.290. The molecule has 0 N–H and O–H groups in total. The molecule has 3 nitrogen and oxygen atoms in total. The number of rotatable bonds is 0. The van der Waals surface area contributed by atoms with Crippen LogP contribution < -0.4 is 0 Å². The highest BCUT2D eigenvalue weighted by Crippen LogP contribution is 2.80. The van der Waals surface area contributed by atoms with Gasteiger partial charge in [0.2, 0.25) is 0 Å². The summed E-state index contributed by atoms with van der Waals surface area (Å²) in [6, 6.07) is 0. The Morgan fingerprint density at radius 1 is 1.15 bits per heavy atom. The Labute approximate surface area is 119 Å². The van der Waals surface area contributed by atoms with Crippen molar-refractivity contribution >= 4 is 11.9 Å². The molecule has 20 heavy (non-hydrogen) atoms. The van der Waals surface area contributed by atoms with Crippen LogP contribution in [0.4, 0.5) is 0 Å². The van der Waals surface area contributed by atoms with Gasteiger partial charge in [0, 0.05) is 10.8 Å². The van der Waals surface area contributed by atoms with Crippen molar-refractivity contribution in [1.82, 2.24) is 0 Å². The zero-order valence-electron chi connectivity index (χ0n) is 12.7. The second-order valence-corrected chi connectivity index (χ2v) is 8.09. The van der Waals surface area contributed by atoms with E-state index >= 15 is 0 Å². The van der Waals surface area contributed by atoms with Crippen LogP contribution in [0, 0.1) is 34.0 Å². The van der Waals surface area contributed by atoms with Crippen LogP contribution in [0.15, 0.2) is 11.6 Å². The maximum absolute atomic E-state index is 12.3. The van der Waals surface area contributed by atoms with Gasteiger partial charge in [-0.3, -0.25) is 9.59 Å². The summed E-state index contributed by atoms with van der Waals surface area (Å²) >= 11 is 0. The average Bonchev–Trinajstić information content (AvgIpc) is 2.78. The van der Waals surface area contributed by atoms with Gasteiger partial charge < -0.3 is 4.74 Å². The Balaban J connectivity index is 1.98. The Bertz CT molecular complexity index is 573. The predicted octanol–water partition coefficient (Wildman–Crippen LogP) is 3.09. The molecule has 0 aromatic heterocycles. The largest absolute Gasteiger partial charge is 0.393 e. The van der Waals surface area contributed by atoms with Crippen molar-refractivity contribution in [3.63, 3.8) is 0 Å². The second kappa shape index (κ2) is 3.20. The number of carbonyl (C=O) groups is 2. The number of allylic oxidation sites excluding steroid dienone is 2. The third-order valence-corrected chi connectivity index (χ3v) is 7.33. The summed E-state index contributed by atoms with van der Waals surface area (Å²) < 4.78 is 5.03. The second-order valence-electron chi connectivity index (χ2n) is 8.09. The zero-order valence-corrected chi connectivity index (χ0v) is 12.7. The number of ether oxygens (including phenoxy) is 1. The van der Waals surface area contributed by atoms with Crippen molar-refractivity contribution in [1.29, 1.82) is 0 Å². The topological polar surface area (TPSA) is 43.4 Å². The molecule has 4 rings (SSSR count). The summed E-state index contributed by atoms with van der Waals surface area (Å²) in [6.07, 6.45) is 5.57. The van der Waals surface area contributed by atoms with Crippen molar-refractivity contribution in [3.05, 3.63) is 11.6 Å². The molecule has 4 aliphatic rings. The summed E-state index contributed by atoms with van der Waals surface area (Å²) in [5.74, 6) is -0.375. The highest BCUT2D eigenvalue weighted by molar-refractivity contribution is 5.99. The van der Waals surface area contributed by atoms with Gasteiger partial charge in [0.1, 0.15) is 0 Å². The monoisotopic (exact) mass is 274 g/mol. The zero-order chi connectivity index (χ0) is 14.5. The first-order valence-corrected chi connectivity index (χ1v) is 7.73. The van der Waals surface area contributed by atoms with E-state index in [1.807, 2.05) is 0 Å². The molecule has 0 amide bonds. The quantitative estimate of drug-likeness (QED) is 0.387. The lowest BCUT2D eigenvalue weighted by molar-refractivity contribution is -0.158. The molecule has 1 saturated heterocycles. The van der Waals surface area contributed by atoms with E-state index in [0.717, 1.165) is 19.3 Å². The fraction of sp³-hybridized carbons (Fsp3) is 0.765. The number of cyclic esters (lactones) is 2. The van der Waals surface area contributed by atoms with E-state index in [-0.39, 0.29) is 40.0 Å². The maximum Gasteiger partial charge on any atom is 0.318 e. The Morgan fingerprint density at radius 3 is 2.50 bits per heavy atom. The minimum Gasteiger partial charge on any atom is -0.393 e. The predicted molar refractivity (Wildman–Crippen MR) is 73.5 cm³/mol. The number of esters is 2. The van der Waals surface area contributed by atoms with Crippen LogP contribution in [-0.2, 0) is 14.3 Å². The Morgan fingerprint density at radius 2 is 1.80 bits per heavy atom. The van der Waals surface area contributed by atoms with Crippen molar-refractivity contribution in [2.75, 3.05) is 0 Å². The lowest BCUT2D eigenvalue weighted by Gasteiger charge is -2.48. The summed E-state index contributed by atoms with van der Waals surface area (Å²) in [7, 11) is 0. The number of fused-ring (bicyclic) bond motifs is 3. The number of hydrogen-bond donors (Lipinski definition) is 0. The van der Waals surface area contributed by atoms with Gasteiger partial charge in [-0.05, 0) is 30.6 Å². The van der Waals surface area contributed by atoms with Crippen molar-refractivity contribution < 1.29 is 14.3 Å². The van der Waals surface area contributed by atoms with Gasteiger partial charge in [-0.15, -0.1) is 0 Å². The molecule has 108 valence electrons. The average molecular weight is 274 g/mol. The first kappa shape index (κ1) is 12.6. The molecule has 0 radical (unpaired) electrons. The number of hydrogen-bond acceptors (Lipinski definition) is 3. The highest BCUT2D eigenvalue weighted by Gasteiger charge is 2.80. The molecular formula is C17H22O3. The van der Waals surface area contributed by atoms with E-state index < -0.39 is 0 Å². The van der Waals surface area contributed by atoms with Gasteiger partial charge in [0.05, 0.1) is 11.8 Å². The van der Waals surface area contributed by atoms with E-state index in [1.165, 1.54) is 5.57 Å². The van der Waals surface area contributed by atoms with Crippen LogP contribution in [0.1, 0.15) is 47.0 Å². The minimum absolute atomic E-state index is 0.0418. The van der Waals surface area contributed by atoms with Crippen LogP contribution in [0.2, 0.25) is 0 Å². The standard InChI is InChI=1S/C17H22O3/c1-9-5-6-17-10(7-9)8-16(4,15(17,2)3)11-12(17)14(19)20-13(11)18/h8-9,11-12H,5-7H2,1-4H3/t9-,11+,12-,16+,17-/m1/s1. The lowest BCUT2D eigenvalue weighted by atomic mass is 9.55. The third-order valence-electron chi connectivity index (χ3n) is 7.33. The van der Waals surface area contributed by atoms with Crippen LogP contribution >= 0.6 is 0 Å². The Hall–Kier alpha value is -1.12. The molecule has 0 aromatic rings. The SMILES string of the molecule is C[C@@H]1CC[C@@]23C(=C[C@@](C)([C@@H]4C(=O)OC(=O)[C@@H]42)C3(C)C)C1. The lowest BCUT2D eigenvalue weighted by Crippen LogP contribution is -2.44. The smallest absolute Gasteiger partial charge is 0.318 e. The third kappa shape index (κ3) is 0.981. The molecule has 2 saturated carbocycles. The molecule has 3 aliphatic carbocycles. The van der Waals surface area contributed by atoms with Gasteiger partial charge in [0.25, 0.3) is 0 Å². The van der Waals surface area contributed by atoms with Gasteiger partial charge >= 0.3 is 11.9 Å². The van der Waals surface area contributed by atoms with Crippen LogP contribution in [0.25, 0.3) is 0 Å². The van der Waals surface area contributed by atoms with Crippen molar-refractivity contribution in [2.45, 2.75) is 47.0 Å². The van der Waals surface area contributed by atoms with Gasteiger partial charge in [-0.25, -0.2) is 0 Å². The first-order chi connectivity index (χ1) is 9.25. The first-order valence-electron chi connectivity index (χ1n) is 7.73. The van der Waals surface area contributed by atoms with Crippen molar-refractivity contribution in [2.24, 2.45) is 34.0 Å². The fourth-order valence-corrected chi connectivity index (χ4v) is 6.02. The van der Waals surface area contributed by atoms with Gasteiger partial charge in [-0.2, -0.15) is 0 Å². The van der Waals surface area contributed by atoms with E-state index in [4.69, 9.17) is 4.74 Å². The Kier molecular flexibility index (Phi) is 2.02. The molecule has 3 heteroatoms. The molecule has 1 spiro atoms. The van der Waals surface area contributed by atoms with Gasteiger partial charge in [-0.1, -0.05) is 39.3 Å². The molecule has 3 fully saturated rings. The van der Waals surface area contributed by atoms with Crippen molar-refractivity contribution in [3.8, 4) is 0 Å². The molecule has 1 heterocycles. The summed E-state index contributed by atoms with van der Waals surface area (Å²) in [5, 5.41) is 0. The normalized spacial score (nSPS) is 51.6. The van der Waals surface area contributed by atoms with Crippen LogP contribution in [0.5, 0.6) is 0 Å². The van der Waals surface area contributed by atoms with E-state index in [1.54, 1.807) is 0 Å². The molecule has 1 aliphatic heterocycles. The molecular weight excluding hydrogens is 252 g/mol. The molecule has 2 bridgehead atoms. The molecule has 5 atom stereocenters. The van der Waals surface area contributed by atoms with Gasteiger partial charge in [0.15, 0.2) is 0 Å². The maximum atomic E-state index is 12.3. The number of carbonyl (C=O) groups excluding carboxylic acids is 2. The van der Waals surface area contributed by atoms with E-state index in [9.17, 15) is 9.59 Å². The fourth-order valence-electron chi connectivity index (χ4n) is 6.02. The van der Waals surface area contributed by atoms with Crippen LogP contribution in [-0.4, -0.2) is 11.9 Å². The molecule has 0 unspecified atom stereocenters. The van der Waals surface area contributed by atoms with Crippen LogP contribution in [0.3, 0.4) is 0 Å². The highest BCUT2D eigenvalue weighted by atomic mass is 16.6. The molecule has 0 aromatic carbocycles. The van der Waals surface area contributed by atoms with E-state index in [0.29, 0.717) is 5.92 Å². The summed E-state index contributed by atoms with van der Waals surface area (Å²) in [5.41, 5.74) is 1.01.